The Bertz CT molecular complexity index is 472. The zero-order chi connectivity index (χ0) is 15.2. The molecule has 0 saturated carbocycles. The van der Waals surface area contributed by atoms with Crippen LogP contribution >= 0.6 is 0 Å². The second-order valence-corrected chi connectivity index (χ2v) is 5.54. The fourth-order valence-electron chi connectivity index (χ4n) is 2.65. The molecule has 2 rings (SSSR count). The number of nitrogens with zero attached hydrogens (tertiary/aromatic N) is 1. The van der Waals surface area contributed by atoms with Crippen molar-refractivity contribution < 1.29 is 9.53 Å². The van der Waals surface area contributed by atoms with Crippen LogP contribution in [0.1, 0.15) is 25.3 Å². The molecule has 1 aromatic carbocycles. The van der Waals surface area contributed by atoms with Gasteiger partial charge in [-0.15, -0.1) is 0 Å². The first-order valence-electron chi connectivity index (χ1n) is 7.52. The van der Waals surface area contributed by atoms with Crippen LogP contribution < -0.4 is 11.1 Å². The van der Waals surface area contributed by atoms with Gasteiger partial charge >= 0.3 is 0 Å². The maximum absolute atomic E-state index is 12.4. The number of nitrogens with two attached hydrogens (primary N) is 1. The highest BCUT2D eigenvalue weighted by molar-refractivity contribution is 5.95. The van der Waals surface area contributed by atoms with Gasteiger partial charge in [-0.3, -0.25) is 9.69 Å². The number of carbonyl (C=O) groups excluding carboxylic acids is 1. The molecule has 1 aliphatic heterocycles. The lowest BCUT2D eigenvalue weighted by Crippen LogP contribution is -2.47. The van der Waals surface area contributed by atoms with E-state index >= 15 is 0 Å². The lowest BCUT2D eigenvalue weighted by molar-refractivity contribution is -0.121. The lowest BCUT2D eigenvalue weighted by Gasteiger charge is -2.34. The molecule has 5 nitrogen and oxygen atoms in total. The average Bonchev–Trinajstić information content (AvgIpc) is 2.54. The molecule has 1 aromatic rings. The topological polar surface area (TPSA) is 67.6 Å². The van der Waals surface area contributed by atoms with Crippen LogP contribution in [0.3, 0.4) is 0 Å². The molecule has 5 heteroatoms. The van der Waals surface area contributed by atoms with Gasteiger partial charge in [0.05, 0.1) is 6.04 Å². The van der Waals surface area contributed by atoms with Gasteiger partial charge in [-0.1, -0.05) is 18.2 Å². The molecule has 0 aromatic heterocycles. The van der Waals surface area contributed by atoms with Gasteiger partial charge in [-0.2, -0.15) is 0 Å². The first kappa shape index (κ1) is 15.9. The number of anilines is 1. The minimum absolute atomic E-state index is 0.00453. The van der Waals surface area contributed by atoms with E-state index in [0.29, 0.717) is 12.6 Å². The summed E-state index contributed by atoms with van der Waals surface area (Å²) in [6.45, 7) is 3.91. The third kappa shape index (κ3) is 4.03. The summed E-state index contributed by atoms with van der Waals surface area (Å²) in [5, 5.41) is 2.99. The maximum Gasteiger partial charge on any atom is 0.241 e. The van der Waals surface area contributed by atoms with Crippen molar-refractivity contribution in [2.75, 3.05) is 25.6 Å². The molecule has 1 aliphatic rings. The molecule has 116 valence electrons. The highest BCUT2D eigenvalue weighted by Gasteiger charge is 2.26. The molecule has 1 atom stereocenters. The van der Waals surface area contributed by atoms with E-state index in [-0.39, 0.29) is 11.9 Å². The van der Waals surface area contributed by atoms with Crippen molar-refractivity contribution in [1.82, 2.24) is 4.90 Å². The third-order valence-electron chi connectivity index (χ3n) is 4.25. The third-order valence-corrected chi connectivity index (χ3v) is 4.25. The maximum atomic E-state index is 12.4. The molecule has 1 amide bonds. The average molecular weight is 291 g/mol. The fourth-order valence-corrected chi connectivity index (χ4v) is 2.65. The number of rotatable bonds is 5. The predicted molar refractivity (Wildman–Crippen MR) is 84.0 cm³/mol. The summed E-state index contributed by atoms with van der Waals surface area (Å²) in [5.41, 5.74) is 7.46. The molecule has 1 saturated heterocycles. The highest BCUT2D eigenvalue weighted by atomic mass is 16.5. The van der Waals surface area contributed by atoms with E-state index in [9.17, 15) is 4.79 Å². The molecular formula is C16H25N3O2. The SMILES string of the molecule is CC(C(=O)Nc1ccccc1CN)N(C)C1CCOCC1. The van der Waals surface area contributed by atoms with Gasteiger partial charge in [0.15, 0.2) is 0 Å². The minimum Gasteiger partial charge on any atom is -0.381 e. The lowest BCUT2D eigenvalue weighted by atomic mass is 10.1. The number of nitrogens with one attached hydrogen (secondary N) is 1. The van der Waals surface area contributed by atoms with Crippen LogP contribution in [0.5, 0.6) is 0 Å². The second-order valence-electron chi connectivity index (χ2n) is 5.54. The zero-order valence-corrected chi connectivity index (χ0v) is 12.8. The van der Waals surface area contributed by atoms with Gasteiger partial charge in [-0.25, -0.2) is 0 Å². The molecule has 1 fully saturated rings. The number of carbonyl (C=O) groups is 1. The van der Waals surface area contributed by atoms with Crippen molar-refractivity contribution in [1.29, 1.82) is 0 Å². The Balaban J connectivity index is 1.98. The Labute approximate surface area is 126 Å². The number of para-hydroxylation sites is 1. The summed E-state index contributed by atoms with van der Waals surface area (Å²) < 4.78 is 5.37. The molecule has 1 unspecified atom stereocenters. The van der Waals surface area contributed by atoms with E-state index in [1.165, 1.54) is 0 Å². The van der Waals surface area contributed by atoms with Gasteiger partial charge in [0.25, 0.3) is 0 Å². The van der Waals surface area contributed by atoms with Crippen molar-refractivity contribution >= 4 is 11.6 Å². The van der Waals surface area contributed by atoms with Crippen molar-refractivity contribution in [2.45, 2.75) is 38.4 Å². The van der Waals surface area contributed by atoms with E-state index in [1.807, 2.05) is 38.2 Å². The molecule has 0 radical (unpaired) electrons. The first-order chi connectivity index (χ1) is 10.1. The Morgan fingerprint density at radius 2 is 2.10 bits per heavy atom. The van der Waals surface area contributed by atoms with Crippen LogP contribution in [0.2, 0.25) is 0 Å². The van der Waals surface area contributed by atoms with E-state index in [0.717, 1.165) is 37.3 Å². The van der Waals surface area contributed by atoms with E-state index < -0.39 is 0 Å². The number of ether oxygens (including phenoxy) is 1. The molecule has 0 spiro atoms. The molecule has 0 bridgehead atoms. The number of hydrogen-bond acceptors (Lipinski definition) is 4. The Hall–Kier alpha value is -1.43. The van der Waals surface area contributed by atoms with Crippen LogP contribution in [-0.2, 0) is 16.1 Å². The summed E-state index contributed by atoms with van der Waals surface area (Å²) in [7, 11) is 2.01. The minimum atomic E-state index is -0.182. The Morgan fingerprint density at radius 1 is 1.43 bits per heavy atom. The fraction of sp³-hybridized carbons (Fsp3) is 0.562. The van der Waals surface area contributed by atoms with Gasteiger partial charge in [0.1, 0.15) is 0 Å². The predicted octanol–water partition coefficient (Wildman–Crippen LogP) is 1.58. The second kappa shape index (κ2) is 7.54. The Morgan fingerprint density at radius 3 is 2.76 bits per heavy atom. The summed E-state index contributed by atoms with van der Waals surface area (Å²) in [5.74, 6) is 0.00453. The summed E-state index contributed by atoms with van der Waals surface area (Å²) in [6, 6.07) is 7.88. The van der Waals surface area contributed by atoms with Crippen molar-refractivity contribution in [3.05, 3.63) is 29.8 Å². The van der Waals surface area contributed by atoms with Crippen LogP contribution in [0.4, 0.5) is 5.69 Å². The Kier molecular flexibility index (Phi) is 5.73. The van der Waals surface area contributed by atoms with Crippen molar-refractivity contribution in [3.8, 4) is 0 Å². The number of amides is 1. The van der Waals surface area contributed by atoms with Gasteiger partial charge in [0.2, 0.25) is 5.91 Å². The van der Waals surface area contributed by atoms with E-state index in [1.54, 1.807) is 0 Å². The van der Waals surface area contributed by atoms with Crippen molar-refractivity contribution in [3.63, 3.8) is 0 Å². The van der Waals surface area contributed by atoms with E-state index in [2.05, 4.69) is 10.2 Å². The number of benzene rings is 1. The number of hydrogen-bond donors (Lipinski definition) is 2. The molecular weight excluding hydrogens is 266 g/mol. The van der Waals surface area contributed by atoms with Crippen molar-refractivity contribution in [2.24, 2.45) is 5.73 Å². The van der Waals surface area contributed by atoms with Crippen LogP contribution in [-0.4, -0.2) is 43.2 Å². The highest BCUT2D eigenvalue weighted by Crippen LogP contribution is 2.18. The van der Waals surface area contributed by atoms with Crippen LogP contribution in [0, 0.1) is 0 Å². The summed E-state index contributed by atoms with van der Waals surface area (Å²) in [4.78, 5) is 14.6. The van der Waals surface area contributed by atoms with Crippen LogP contribution in [0.25, 0.3) is 0 Å². The first-order valence-corrected chi connectivity index (χ1v) is 7.52. The van der Waals surface area contributed by atoms with Gasteiger partial charge in [0, 0.05) is 31.5 Å². The molecule has 3 N–H and O–H groups in total. The molecule has 21 heavy (non-hydrogen) atoms. The van der Waals surface area contributed by atoms with Crippen LogP contribution in [0.15, 0.2) is 24.3 Å². The van der Waals surface area contributed by atoms with E-state index in [4.69, 9.17) is 10.5 Å². The monoisotopic (exact) mass is 291 g/mol. The van der Waals surface area contributed by atoms with Gasteiger partial charge < -0.3 is 15.8 Å². The quantitative estimate of drug-likeness (QED) is 0.864. The zero-order valence-electron chi connectivity index (χ0n) is 12.8. The normalized spacial score (nSPS) is 17.7. The summed E-state index contributed by atoms with van der Waals surface area (Å²) >= 11 is 0. The molecule has 0 aliphatic carbocycles. The standard InChI is InChI=1S/C16H25N3O2/c1-12(19(2)14-7-9-21-10-8-14)16(20)18-15-6-4-3-5-13(15)11-17/h3-6,12,14H,7-11,17H2,1-2H3,(H,18,20). The summed E-state index contributed by atoms with van der Waals surface area (Å²) in [6.07, 6.45) is 1.96. The largest absolute Gasteiger partial charge is 0.381 e. The number of likely N-dealkylation sites (N-methyl/N-ethyl adjacent to an activating group) is 1. The molecule has 1 heterocycles. The smallest absolute Gasteiger partial charge is 0.241 e. The van der Waals surface area contributed by atoms with Gasteiger partial charge in [-0.05, 0) is 38.4 Å².